The molecule has 1 aliphatic rings. The van der Waals surface area contributed by atoms with Gasteiger partial charge in [0, 0.05) is 25.5 Å². The van der Waals surface area contributed by atoms with E-state index in [9.17, 15) is 9.90 Å². The minimum Gasteiger partial charge on any atom is -0.390 e. The Balaban J connectivity index is 2.06. The van der Waals surface area contributed by atoms with Gasteiger partial charge in [-0.15, -0.1) is 0 Å². The Kier molecular flexibility index (Phi) is 2.92. The molecule has 0 unspecified atom stereocenters. The van der Waals surface area contributed by atoms with Crippen LogP contribution in [0.5, 0.6) is 0 Å². The van der Waals surface area contributed by atoms with E-state index in [2.05, 4.69) is 4.98 Å². The molecule has 1 aromatic heterocycles. The minimum absolute atomic E-state index is 0.249. The van der Waals surface area contributed by atoms with Crippen LogP contribution in [0, 0.1) is 0 Å². The van der Waals surface area contributed by atoms with Crippen LogP contribution in [0.2, 0.25) is 0 Å². The van der Waals surface area contributed by atoms with Crippen LogP contribution in [-0.2, 0) is 11.2 Å². The lowest BCUT2D eigenvalue weighted by atomic mass is 9.80. The van der Waals surface area contributed by atoms with Gasteiger partial charge in [0.25, 0.3) is 0 Å². The van der Waals surface area contributed by atoms with E-state index in [0.717, 1.165) is 5.56 Å². The van der Waals surface area contributed by atoms with Gasteiger partial charge < -0.3 is 10.8 Å². The van der Waals surface area contributed by atoms with E-state index < -0.39 is 5.60 Å². The molecule has 4 nitrogen and oxygen atoms in total. The first kappa shape index (κ1) is 11.1. The molecule has 2 rings (SSSR count). The fourth-order valence-electron chi connectivity index (χ4n) is 2.16. The van der Waals surface area contributed by atoms with Crippen molar-refractivity contribution in [2.45, 2.75) is 37.7 Å². The summed E-state index contributed by atoms with van der Waals surface area (Å²) in [6.45, 7) is 0. The van der Waals surface area contributed by atoms with Crippen molar-refractivity contribution in [2.24, 2.45) is 0 Å². The fraction of sp³-hybridized carbons (Fsp3) is 0.500. The van der Waals surface area contributed by atoms with E-state index in [0.29, 0.717) is 37.9 Å². The molecule has 0 bridgehead atoms. The summed E-state index contributed by atoms with van der Waals surface area (Å²) in [5, 5.41) is 10.3. The van der Waals surface area contributed by atoms with Crippen molar-refractivity contribution in [2.75, 3.05) is 5.73 Å². The van der Waals surface area contributed by atoms with Gasteiger partial charge in [-0.25, -0.2) is 4.98 Å². The fourth-order valence-corrected chi connectivity index (χ4v) is 2.16. The molecule has 3 N–H and O–H groups in total. The first-order chi connectivity index (χ1) is 7.57. The van der Waals surface area contributed by atoms with Crippen molar-refractivity contribution >= 4 is 11.6 Å². The molecular weight excluding hydrogens is 204 g/mol. The normalized spacial score (nSPS) is 19.7. The van der Waals surface area contributed by atoms with Crippen LogP contribution in [0.25, 0.3) is 0 Å². The zero-order valence-corrected chi connectivity index (χ0v) is 9.15. The first-order valence-corrected chi connectivity index (χ1v) is 5.52. The topological polar surface area (TPSA) is 76.2 Å². The van der Waals surface area contributed by atoms with Gasteiger partial charge in [0.05, 0.1) is 5.60 Å². The molecule has 0 spiro atoms. The van der Waals surface area contributed by atoms with Gasteiger partial charge in [-0.3, -0.25) is 4.79 Å². The smallest absolute Gasteiger partial charge is 0.133 e. The molecule has 0 atom stereocenters. The number of anilines is 1. The Bertz CT molecular complexity index is 394. The minimum atomic E-state index is -0.748. The van der Waals surface area contributed by atoms with E-state index in [1.54, 1.807) is 12.3 Å². The summed E-state index contributed by atoms with van der Waals surface area (Å²) < 4.78 is 0. The average molecular weight is 220 g/mol. The molecule has 1 aromatic rings. The number of hydrogen-bond donors (Lipinski definition) is 2. The summed E-state index contributed by atoms with van der Waals surface area (Å²) in [5.41, 5.74) is 5.81. The molecule has 4 heteroatoms. The van der Waals surface area contributed by atoms with Crippen molar-refractivity contribution < 1.29 is 9.90 Å². The van der Waals surface area contributed by atoms with E-state index in [1.807, 2.05) is 6.07 Å². The summed E-state index contributed by atoms with van der Waals surface area (Å²) in [6.07, 6.45) is 4.26. The Morgan fingerprint density at radius 1 is 1.44 bits per heavy atom. The summed E-state index contributed by atoms with van der Waals surface area (Å²) in [5.74, 6) is 0.715. The van der Waals surface area contributed by atoms with Gasteiger partial charge in [0.2, 0.25) is 0 Å². The number of nitrogen functional groups attached to an aromatic ring is 1. The highest BCUT2D eigenvalue weighted by Gasteiger charge is 2.32. The van der Waals surface area contributed by atoms with E-state index in [4.69, 9.17) is 5.73 Å². The second kappa shape index (κ2) is 4.22. The number of nitrogens with zero attached hydrogens (tertiary/aromatic N) is 1. The highest BCUT2D eigenvalue weighted by Crippen LogP contribution is 2.29. The Labute approximate surface area is 94.5 Å². The number of aromatic nitrogens is 1. The van der Waals surface area contributed by atoms with Crippen molar-refractivity contribution in [3.8, 4) is 0 Å². The quantitative estimate of drug-likeness (QED) is 0.782. The molecule has 86 valence electrons. The summed E-state index contributed by atoms with van der Waals surface area (Å²) in [7, 11) is 0. The molecule has 1 fully saturated rings. The van der Waals surface area contributed by atoms with E-state index >= 15 is 0 Å². The zero-order chi connectivity index (χ0) is 11.6. The van der Waals surface area contributed by atoms with Crippen LogP contribution in [0.1, 0.15) is 31.2 Å². The maximum absolute atomic E-state index is 11.1. The monoisotopic (exact) mass is 220 g/mol. The maximum Gasteiger partial charge on any atom is 0.133 e. The predicted octanol–water partition coefficient (Wildman–Crippen LogP) is 1.08. The summed E-state index contributed by atoms with van der Waals surface area (Å²) in [6, 6.07) is 3.62. The second-order valence-corrected chi connectivity index (χ2v) is 4.53. The predicted molar refractivity (Wildman–Crippen MR) is 60.8 cm³/mol. The Hall–Kier alpha value is -1.42. The molecular formula is C12H16N2O2. The maximum atomic E-state index is 11.1. The number of nitrogens with two attached hydrogens (primary N) is 1. The van der Waals surface area contributed by atoms with Crippen molar-refractivity contribution in [3.05, 3.63) is 23.9 Å². The summed E-state index contributed by atoms with van der Waals surface area (Å²) >= 11 is 0. The van der Waals surface area contributed by atoms with Crippen molar-refractivity contribution in [1.82, 2.24) is 4.98 Å². The Morgan fingerprint density at radius 3 is 2.75 bits per heavy atom. The van der Waals surface area contributed by atoms with Crippen LogP contribution < -0.4 is 5.73 Å². The third-order valence-corrected chi connectivity index (χ3v) is 3.12. The number of pyridine rings is 1. The largest absolute Gasteiger partial charge is 0.390 e. The number of rotatable bonds is 2. The molecule has 0 radical (unpaired) electrons. The molecule has 0 amide bonds. The Morgan fingerprint density at radius 2 is 2.12 bits per heavy atom. The van der Waals surface area contributed by atoms with Gasteiger partial charge in [-0.2, -0.15) is 0 Å². The molecule has 0 saturated heterocycles. The highest BCUT2D eigenvalue weighted by atomic mass is 16.3. The zero-order valence-electron chi connectivity index (χ0n) is 9.15. The molecule has 1 saturated carbocycles. The molecule has 16 heavy (non-hydrogen) atoms. The lowest BCUT2D eigenvalue weighted by Gasteiger charge is -2.31. The first-order valence-electron chi connectivity index (χ1n) is 5.52. The van der Waals surface area contributed by atoms with Gasteiger partial charge in [0.15, 0.2) is 0 Å². The van der Waals surface area contributed by atoms with Crippen LogP contribution in [0.15, 0.2) is 18.3 Å². The number of carbonyl (C=O) groups excluding carboxylic acids is 1. The second-order valence-electron chi connectivity index (χ2n) is 4.53. The van der Waals surface area contributed by atoms with Gasteiger partial charge in [-0.05, 0) is 30.5 Å². The van der Waals surface area contributed by atoms with E-state index in [1.165, 1.54) is 0 Å². The molecule has 1 aliphatic carbocycles. The van der Waals surface area contributed by atoms with Gasteiger partial charge in [-0.1, -0.05) is 0 Å². The van der Waals surface area contributed by atoms with Gasteiger partial charge in [0.1, 0.15) is 11.6 Å². The number of ketones is 1. The number of hydrogen-bond acceptors (Lipinski definition) is 4. The molecule has 0 aromatic carbocycles. The van der Waals surface area contributed by atoms with Gasteiger partial charge >= 0.3 is 0 Å². The molecule has 1 heterocycles. The lowest BCUT2D eigenvalue weighted by molar-refractivity contribution is -0.125. The van der Waals surface area contributed by atoms with Crippen LogP contribution in [0.3, 0.4) is 0 Å². The molecule has 0 aliphatic heterocycles. The van der Waals surface area contributed by atoms with E-state index in [-0.39, 0.29) is 5.78 Å². The lowest BCUT2D eigenvalue weighted by Crippen LogP contribution is -2.36. The van der Waals surface area contributed by atoms with Crippen LogP contribution in [0.4, 0.5) is 5.82 Å². The number of carbonyl (C=O) groups is 1. The van der Waals surface area contributed by atoms with Crippen molar-refractivity contribution in [3.63, 3.8) is 0 Å². The van der Waals surface area contributed by atoms with Crippen LogP contribution >= 0.6 is 0 Å². The third kappa shape index (κ3) is 2.58. The standard InChI is InChI=1S/C12H16N2O2/c13-11-7-9(3-6-14-11)8-12(16)4-1-10(15)2-5-12/h3,6-7,16H,1-2,4-5,8H2,(H2,13,14). The summed E-state index contributed by atoms with van der Waals surface area (Å²) in [4.78, 5) is 15.0. The number of Topliss-reactive ketones (excluding diaryl/α,β-unsaturated/α-hetero) is 1. The average Bonchev–Trinajstić information content (AvgIpc) is 2.23. The van der Waals surface area contributed by atoms with Crippen molar-refractivity contribution in [1.29, 1.82) is 0 Å². The SMILES string of the molecule is Nc1cc(CC2(O)CCC(=O)CC2)ccn1. The third-order valence-electron chi connectivity index (χ3n) is 3.12. The van der Waals surface area contributed by atoms with Crippen LogP contribution in [-0.4, -0.2) is 21.5 Å². The number of aliphatic hydroxyl groups is 1. The highest BCUT2D eigenvalue weighted by molar-refractivity contribution is 5.79.